The van der Waals surface area contributed by atoms with E-state index in [1.807, 2.05) is 9.80 Å². The Morgan fingerprint density at radius 2 is 1.65 bits per heavy atom. The molecule has 26 heavy (non-hydrogen) atoms. The fraction of sp³-hybridized carbons (Fsp3) is 0.700. The zero-order valence-electron chi connectivity index (χ0n) is 15.6. The number of hydrogen-bond acceptors (Lipinski definition) is 4. The van der Waals surface area contributed by atoms with E-state index in [4.69, 9.17) is 0 Å². The van der Waals surface area contributed by atoms with Gasteiger partial charge in [-0.15, -0.1) is 0 Å². The van der Waals surface area contributed by atoms with Gasteiger partial charge in [0.1, 0.15) is 6.33 Å². The van der Waals surface area contributed by atoms with E-state index in [9.17, 15) is 9.59 Å². The summed E-state index contributed by atoms with van der Waals surface area (Å²) in [5.74, 6) is 1.47. The van der Waals surface area contributed by atoms with E-state index < -0.39 is 0 Å². The monoisotopic (exact) mass is 356 g/mol. The maximum absolute atomic E-state index is 13.1. The largest absolute Gasteiger partial charge is 0.342 e. The molecule has 140 valence electrons. The lowest BCUT2D eigenvalue weighted by Crippen LogP contribution is -2.48. The summed E-state index contributed by atoms with van der Waals surface area (Å²) in [5, 5.41) is 0. The standard InChI is InChI=1S/C20H28N4O2/c1-15-2-4-16(5-3-15)18(25)23-9-6-20(7-10-23)8-11-24(19(20)26)17-12-21-14-22-13-17/h12-16H,2-11H2,1H3. The van der Waals surface area contributed by atoms with Gasteiger partial charge in [-0.25, -0.2) is 9.97 Å². The van der Waals surface area contributed by atoms with E-state index in [-0.39, 0.29) is 17.2 Å². The summed E-state index contributed by atoms with van der Waals surface area (Å²) in [5.41, 5.74) is 0.484. The van der Waals surface area contributed by atoms with Gasteiger partial charge in [0.25, 0.3) is 0 Å². The molecule has 3 heterocycles. The van der Waals surface area contributed by atoms with Crippen LogP contribution in [0.1, 0.15) is 51.9 Å². The first-order valence-electron chi connectivity index (χ1n) is 9.95. The zero-order valence-corrected chi connectivity index (χ0v) is 15.6. The number of anilines is 1. The Hall–Kier alpha value is -1.98. The first-order chi connectivity index (χ1) is 12.6. The van der Waals surface area contributed by atoms with E-state index in [1.54, 1.807) is 12.4 Å². The van der Waals surface area contributed by atoms with Crippen molar-refractivity contribution in [1.29, 1.82) is 0 Å². The average Bonchev–Trinajstić information content (AvgIpc) is 2.99. The van der Waals surface area contributed by atoms with Crippen molar-refractivity contribution in [3.63, 3.8) is 0 Å². The third-order valence-electron chi connectivity index (χ3n) is 6.77. The molecule has 2 saturated heterocycles. The van der Waals surface area contributed by atoms with Crippen molar-refractivity contribution in [3.05, 3.63) is 18.7 Å². The SMILES string of the molecule is CC1CCC(C(=O)N2CCC3(CC2)CCN(c2cncnc2)C3=O)CC1. The molecule has 3 fully saturated rings. The first kappa shape index (κ1) is 17.4. The number of likely N-dealkylation sites (tertiary alicyclic amines) is 1. The normalized spacial score (nSPS) is 28.6. The molecule has 4 rings (SSSR count). The number of amides is 2. The van der Waals surface area contributed by atoms with Crippen molar-refractivity contribution in [3.8, 4) is 0 Å². The Labute approximate surface area is 155 Å². The molecule has 0 aromatic carbocycles. The van der Waals surface area contributed by atoms with Gasteiger partial charge < -0.3 is 9.80 Å². The molecule has 0 bridgehead atoms. The van der Waals surface area contributed by atoms with Gasteiger partial charge in [-0.3, -0.25) is 9.59 Å². The van der Waals surface area contributed by atoms with E-state index in [0.29, 0.717) is 5.91 Å². The Kier molecular flexibility index (Phi) is 4.67. The van der Waals surface area contributed by atoms with Gasteiger partial charge in [0, 0.05) is 25.6 Å². The van der Waals surface area contributed by atoms with Crippen LogP contribution in [0.25, 0.3) is 0 Å². The summed E-state index contributed by atoms with van der Waals surface area (Å²) >= 11 is 0. The molecule has 0 unspecified atom stereocenters. The zero-order chi connectivity index (χ0) is 18.1. The second kappa shape index (κ2) is 6.97. The van der Waals surface area contributed by atoms with Crippen LogP contribution in [-0.2, 0) is 9.59 Å². The Morgan fingerprint density at radius 1 is 1.04 bits per heavy atom. The second-order valence-corrected chi connectivity index (χ2v) is 8.37. The molecule has 1 spiro atoms. The summed E-state index contributed by atoms with van der Waals surface area (Å²) in [4.78, 5) is 37.8. The van der Waals surface area contributed by atoms with Crippen LogP contribution in [0.2, 0.25) is 0 Å². The third kappa shape index (κ3) is 3.10. The first-order valence-corrected chi connectivity index (χ1v) is 9.95. The van der Waals surface area contributed by atoms with Gasteiger partial charge in [0.2, 0.25) is 11.8 Å². The molecular weight excluding hydrogens is 328 g/mol. The van der Waals surface area contributed by atoms with Crippen LogP contribution < -0.4 is 4.90 Å². The molecule has 0 radical (unpaired) electrons. The lowest BCUT2D eigenvalue weighted by Gasteiger charge is -2.40. The molecule has 0 atom stereocenters. The number of aromatic nitrogens is 2. The number of piperidine rings is 1. The highest BCUT2D eigenvalue weighted by Crippen LogP contribution is 2.43. The van der Waals surface area contributed by atoms with Gasteiger partial charge in [-0.1, -0.05) is 6.92 Å². The van der Waals surface area contributed by atoms with Crippen molar-refractivity contribution in [2.24, 2.45) is 17.3 Å². The van der Waals surface area contributed by atoms with Crippen molar-refractivity contribution in [1.82, 2.24) is 14.9 Å². The third-order valence-corrected chi connectivity index (χ3v) is 6.77. The van der Waals surface area contributed by atoms with E-state index in [2.05, 4.69) is 16.9 Å². The fourth-order valence-corrected chi connectivity index (χ4v) is 4.88. The molecule has 1 saturated carbocycles. The molecule has 1 aliphatic carbocycles. The van der Waals surface area contributed by atoms with Crippen LogP contribution in [0.4, 0.5) is 5.69 Å². The second-order valence-electron chi connectivity index (χ2n) is 8.37. The van der Waals surface area contributed by atoms with E-state index in [0.717, 1.165) is 63.3 Å². The van der Waals surface area contributed by atoms with E-state index in [1.165, 1.54) is 19.2 Å². The van der Waals surface area contributed by atoms with Crippen molar-refractivity contribution < 1.29 is 9.59 Å². The van der Waals surface area contributed by atoms with Gasteiger partial charge in [0.15, 0.2) is 0 Å². The topological polar surface area (TPSA) is 66.4 Å². The molecule has 6 heteroatoms. The summed E-state index contributed by atoms with van der Waals surface area (Å²) in [7, 11) is 0. The molecule has 0 N–H and O–H groups in total. The lowest BCUT2D eigenvalue weighted by atomic mass is 9.76. The van der Waals surface area contributed by atoms with Crippen LogP contribution in [0, 0.1) is 17.3 Å². The summed E-state index contributed by atoms with van der Waals surface area (Å²) in [6.07, 6.45) is 11.7. The van der Waals surface area contributed by atoms with Crippen molar-refractivity contribution in [2.75, 3.05) is 24.5 Å². The number of carbonyl (C=O) groups is 2. The highest BCUT2D eigenvalue weighted by molar-refractivity contribution is 5.99. The maximum atomic E-state index is 13.1. The molecule has 2 amide bonds. The molecule has 2 aliphatic heterocycles. The minimum Gasteiger partial charge on any atom is -0.342 e. The molecule has 3 aliphatic rings. The van der Waals surface area contributed by atoms with Gasteiger partial charge in [-0.2, -0.15) is 0 Å². The summed E-state index contributed by atoms with van der Waals surface area (Å²) in [6, 6.07) is 0. The van der Waals surface area contributed by atoms with Crippen LogP contribution >= 0.6 is 0 Å². The quantitative estimate of drug-likeness (QED) is 0.817. The predicted octanol–water partition coefficient (Wildman–Crippen LogP) is 2.65. The highest BCUT2D eigenvalue weighted by Gasteiger charge is 2.49. The van der Waals surface area contributed by atoms with Crippen LogP contribution in [-0.4, -0.2) is 46.3 Å². The molecular formula is C20H28N4O2. The van der Waals surface area contributed by atoms with Crippen LogP contribution in [0.5, 0.6) is 0 Å². The fourth-order valence-electron chi connectivity index (χ4n) is 4.88. The number of carbonyl (C=O) groups excluding carboxylic acids is 2. The van der Waals surface area contributed by atoms with Gasteiger partial charge >= 0.3 is 0 Å². The predicted molar refractivity (Wildman–Crippen MR) is 98.4 cm³/mol. The lowest BCUT2D eigenvalue weighted by molar-refractivity contribution is -0.142. The highest BCUT2D eigenvalue weighted by atomic mass is 16.2. The Balaban J connectivity index is 1.37. The summed E-state index contributed by atoms with van der Waals surface area (Å²) < 4.78 is 0. The number of hydrogen-bond donors (Lipinski definition) is 0. The molecule has 1 aromatic heterocycles. The van der Waals surface area contributed by atoms with Gasteiger partial charge in [0.05, 0.1) is 23.5 Å². The average molecular weight is 356 g/mol. The molecule has 1 aromatic rings. The van der Waals surface area contributed by atoms with Crippen LogP contribution in [0.15, 0.2) is 18.7 Å². The van der Waals surface area contributed by atoms with Crippen molar-refractivity contribution in [2.45, 2.75) is 51.9 Å². The van der Waals surface area contributed by atoms with Gasteiger partial charge in [-0.05, 0) is 50.9 Å². The Bertz CT molecular complexity index is 662. The number of nitrogens with zero attached hydrogens (tertiary/aromatic N) is 4. The van der Waals surface area contributed by atoms with E-state index >= 15 is 0 Å². The maximum Gasteiger partial charge on any atom is 0.233 e. The minimum absolute atomic E-state index is 0.186. The molecule has 6 nitrogen and oxygen atoms in total. The Morgan fingerprint density at radius 3 is 2.31 bits per heavy atom. The van der Waals surface area contributed by atoms with Crippen LogP contribution in [0.3, 0.4) is 0 Å². The minimum atomic E-state index is -0.298. The summed E-state index contributed by atoms with van der Waals surface area (Å²) in [6.45, 7) is 4.44. The van der Waals surface area contributed by atoms with Crippen molar-refractivity contribution >= 4 is 17.5 Å². The smallest absolute Gasteiger partial charge is 0.233 e. The number of rotatable bonds is 2.